The molecule has 0 saturated heterocycles. The molecule has 1 atom stereocenters. The van der Waals surface area contributed by atoms with Crippen LogP contribution in [0.5, 0.6) is 0 Å². The average molecular weight is 260 g/mol. The Kier molecular flexibility index (Phi) is 4.46. The van der Waals surface area contributed by atoms with Crippen molar-refractivity contribution >= 4 is 11.6 Å². The van der Waals surface area contributed by atoms with Crippen molar-refractivity contribution in [3.63, 3.8) is 0 Å². The number of carbonyl (C=O) groups is 1. The Morgan fingerprint density at radius 3 is 2.37 bits per heavy atom. The lowest BCUT2D eigenvalue weighted by molar-refractivity contribution is -0.126. The summed E-state index contributed by atoms with van der Waals surface area (Å²) in [6.45, 7) is 4.29. The van der Waals surface area contributed by atoms with E-state index in [4.69, 9.17) is 5.73 Å². The average Bonchev–Trinajstić information content (AvgIpc) is 2.40. The van der Waals surface area contributed by atoms with Crippen LogP contribution in [0.25, 0.3) is 0 Å². The molecule has 0 radical (unpaired) electrons. The van der Waals surface area contributed by atoms with Crippen LogP contribution in [0.1, 0.15) is 51.1 Å². The van der Waals surface area contributed by atoms with Gasteiger partial charge in [0.2, 0.25) is 5.91 Å². The summed E-state index contributed by atoms with van der Waals surface area (Å²) in [5, 5.41) is 3.12. The van der Waals surface area contributed by atoms with E-state index in [-0.39, 0.29) is 17.9 Å². The van der Waals surface area contributed by atoms with Gasteiger partial charge in [-0.3, -0.25) is 4.79 Å². The van der Waals surface area contributed by atoms with Crippen molar-refractivity contribution in [2.75, 3.05) is 5.73 Å². The number of carbonyl (C=O) groups excluding carboxylic acids is 1. The molecule has 3 N–H and O–H groups in total. The quantitative estimate of drug-likeness (QED) is 0.819. The molecule has 1 unspecified atom stereocenters. The Morgan fingerprint density at radius 1 is 1.21 bits per heavy atom. The van der Waals surface area contributed by atoms with E-state index < -0.39 is 0 Å². The van der Waals surface area contributed by atoms with E-state index in [0.29, 0.717) is 0 Å². The summed E-state index contributed by atoms with van der Waals surface area (Å²) in [5.41, 5.74) is 7.53. The van der Waals surface area contributed by atoms with Gasteiger partial charge in [0.15, 0.2) is 0 Å². The van der Waals surface area contributed by atoms with Crippen LogP contribution in [0, 0.1) is 11.8 Å². The van der Waals surface area contributed by atoms with Crippen molar-refractivity contribution in [3.05, 3.63) is 29.8 Å². The second-order valence-electron chi connectivity index (χ2n) is 5.85. The summed E-state index contributed by atoms with van der Waals surface area (Å²) in [5.74, 6) is 1.18. The first kappa shape index (κ1) is 13.9. The minimum Gasteiger partial charge on any atom is -0.399 e. The van der Waals surface area contributed by atoms with Crippen LogP contribution < -0.4 is 11.1 Å². The van der Waals surface area contributed by atoms with Gasteiger partial charge in [0.1, 0.15) is 0 Å². The van der Waals surface area contributed by atoms with Gasteiger partial charge in [-0.15, -0.1) is 0 Å². The van der Waals surface area contributed by atoms with Crippen LogP contribution in [-0.4, -0.2) is 5.91 Å². The molecule has 0 aliphatic heterocycles. The number of nitrogen functional groups attached to an aromatic ring is 1. The van der Waals surface area contributed by atoms with Gasteiger partial charge in [0.05, 0.1) is 6.04 Å². The molecular weight excluding hydrogens is 236 g/mol. The molecule has 0 spiro atoms. The van der Waals surface area contributed by atoms with Gasteiger partial charge in [-0.05, 0) is 56.2 Å². The molecule has 3 heteroatoms. The Labute approximate surface area is 115 Å². The molecule has 1 fully saturated rings. The smallest absolute Gasteiger partial charge is 0.223 e. The van der Waals surface area contributed by atoms with E-state index in [2.05, 4.69) is 12.2 Å². The third kappa shape index (κ3) is 3.72. The number of nitrogens with two attached hydrogens (primary N) is 1. The SMILES string of the molecule is CC1CCC(C(=O)NC(C)c2ccc(N)cc2)CC1. The standard InChI is InChI=1S/C16H24N2O/c1-11-3-5-14(6-4-11)16(19)18-12(2)13-7-9-15(17)10-8-13/h7-12,14H,3-6,17H2,1-2H3,(H,18,19). The predicted octanol–water partition coefficient (Wildman–Crippen LogP) is 3.27. The first-order valence-corrected chi connectivity index (χ1v) is 7.22. The monoisotopic (exact) mass is 260 g/mol. The largest absolute Gasteiger partial charge is 0.399 e. The molecular formula is C16H24N2O. The van der Waals surface area contributed by atoms with Crippen molar-refractivity contribution in [1.82, 2.24) is 5.32 Å². The maximum Gasteiger partial charge on any atom is 0.223 e. The zero-order chi connectivity index (χ0) is 13.8. The first-order chi connectivity index (χ1) is 9.06. The van der Waals surface area contributed by atoms with Crippen molar-refractivity contribution in [2.45, 2.75) is 45.6 Å². The second-order valence-corrected chi connectivity index (χ2v) is 5.85. The van der Waals surface area contributed by atoms with Crippen LogP contribution in [0.3, 0.4) is 0 Å². The van der Waals surface area contributed by atoms with E-state index in [1.807, 2.05) is 31.2 Å². The maximum atomic E-state index is 12.2. The van der Waals surface area contributed by atoms with Gasteiger partial charge in [-0.2, -0.15) is 0 Å². The summed E-state index contributed by atoms with van der Waals surface area (Å²) in [7, 11) is 0. The number of hydrogen-bond donors (Lipinski definition) is 2. The molecule has 3 nitrogen and oxygen atoms in total. The molecule has 2 rings (SSSR count). The number of hydrogen-bond acceptors (Lipinski definition) is 2. The Bertz CT molecular complexity index is 419. The minimum atomic E-state index is 0.0486. The maximum absolute atomic E-state index is 12.2. The fourth-order valence-corrected chi connectivity index (χ4v) is 2.72. The first-order valence-electron chi connectivity index (χ1n) is 7.22. The fraction of sp³-hybridized carbons (Fsp3) is 0.562. The number of benzene rings is 1. The molecule has 1 aliphatic rings. The number of anilines is 1. The molecule has 0 bridgehead atoms. The second kappa shape index (κ2) is 6.09. The van der Waals surface area contributed by atoms with E-state index in [9.17, 15) is 4.79 Å². The molecule has 104 valence electrons. The normalized spacial score (nSPS) is 24.7. The van der Waals surface area contributed by atoms with E-state index >= 15 is 0 Å². The third-order valence-electron chi connectivity index (χ3n) is 4.18. The third-order valence-corrected chi connectivity index (χ3v) is 4.18. The lowest BCUT2D eigenvalue weighted by Gasteiger charge is -2.26. The zero-order valence-corrected chi connectivity index (χ0v) is 11.9. The highest BCUT2D eigenvalue weighted by molar-refractivity contribution is 5.79. The van der Waals surface area contributed by atoms with Gasteiger partial charge in [-0.1, -0.05) is 19.1 Å². The number of amides is 1. The van der Waals surface area contributed by atoms with Gasteiger partial charge < -0.3 is 11.1 Å². The predicted molar refractivity (Wildman–Crippen MR) is 78.5 cm³/mol. The lowest BCUT2D eigenvalue weighted by atomic mass is 9.82. The molecule has 1 saturated carbocycles. The van der Waals surface area contributed by atoms with Crippen molar-refractivity contribution < 1.29 is 4.79 Å². The summed E-state index contributed by atoms with van der Waals surface area (Å²) < 4.78 is 0. The highest BCUT2D eigenvalue weighted by Gasteiger charge is 2.25. The highest BCUT2D eigenvalue weighted by Crippen LogP contribution is 2.29. The van der Waals surface area contributed by atoms with Crippen LogP contribution in [0.2, 0.25) is 0 Å². The molecule has 1 amide bonds. The van der Waals surface area contributed by atoms with Gasteiger partial charge in [-0.25, -0.2) is 0 Å². The summed E-state index contributed by atoms with van der Waals surface area (Å²) >= 11 is 0. The van der Waals surface area contributed by atoms with Crippen molar-refractivity contribution in [1.29, 1.82) is 0 Å². The van der Waals surface area contributed by atoms with Crippen molar-refractivity contribution in [2.24, 2.45) is 11.8 Å². The zero-order valence-electron chi connectivity index (χ0n) is 11.9. The van der Waals surface area contributed by atoms with Crippen LogP contribution >= 0.6 is 0 Å². The van der Waals surface area contributed by atoms with Crippen LogP contribution in [-0.2, 0) is 4.79 Å². The summed E-state index contributed by atoms with van der Waals surface area (Å²) in [6.07, 6.45) is 4.41. The van der Waals surface area contributed by atoms with E-state index in [1.54, 1.807) is 0 Å². The molecule has 0 heterocycles. The van der Waals surface area contributed by atoms with Crippen molar-refractivity contribution in [3.8, 4) is 0 Å². The Morgan fingerprint density at radius 2 is 1.79 bits per heavy atom. The van der Waals surface area contributed by atoms with Gasteiger partial charge in [0.25, 0.3) is 0 Å². The Hall–Kier alpha value is -1.51. The molecule has 0 aromatic heterocycles. The topological polar surface area (TPSA) is 55.1 Å². The number of nitrogens with one attached hydrogen (secondary N) is 1. The van der Waals surface area contributed by atoms with E-state index in [0.717, 1.165) is 30.0 Å². The molecule has 1 aromatic carbocycles. The highest BCUT2D eigenvalue weighted by atomic mass is 16.1. The summed E-state index contributed by atoms with van der Waals surface area (Å²) in [6, 6.07) is 7.75. The van der Waals surface area contributed by atoms with Gasteiger partial charge in [0, 0.05) is 11.6 Å². The molecule has 19 heavy (non-hydrogen) atoms. The number of rotatable bonds is 3. The van der Waals surface area contributed by atoms with Gasteiger partial charge >= 0.3 is 0 Å². The Balaban J connectivity index is 1.89. The van der Waals surface area contributed by atoms with E-state index in [1.165, 1.54) is 12.8 Å². The van der Waals surface area contributed by atoms with Crippen LogP contribution in [0.4, 0.5) is 5.69 Å². The summed E-state index contributed by atoms with van der Waals surface area (Å²) in [4.78, 5) is 12.2. The minimum absolute atomic E-state index is 0.0486. The molecule has 1 aliphatic carbocycles. The van der Waals surface area contributed by atoms with Crippen LogP contribution in [0.15, 0.2) is 24.3 Å². The molecule has 1 aromatic rings. The fourth-order valence-electron chi connectivity index (χ4n) is 2.72. The lowest BCUT2D eigenvalue weighted by Crippen LogP contribution is -2.34.